The summed E-state index contributed by atoms with van der Waals surface area (Å²) in [5.74, 6) is 0.609. The van der Waals surface area contributed by atoms with Crippen LogP contribution in [0.1, 0.15) is 32.9 Å². The molecule has 0 aliphatic heterocycles. The fourth-order valence-electron chi connectivity index (χ4n) is 3.61. The van der Waals surface area contributed by atoms with Gasteiger partial charge < -0.3 is 10.1 Å². The van der Waals surface area contributed by atoms with Crippen LogP contribution in [0, 0.1) is 20.8 Å². The number of methoxy groups -OCH3 is 1. The highest BCUT2D eigenvalue weighted by molar-refractivity contribution is 6.31. The monoisotopic (exact) mass is 434 g/mol. The van der Waals surface area contributed by atoms with Gasteiger partial charge >= 0.3 is 0 Å². The average molecular weight is 435 g/mol. The van der Waals surface area contributed by atoms with Gasteiger partial charge in [0, 0.05) is 17.3 Å². The first-order valence-corrected chi connectivity index (χ1v) is 10.3. The summed E-state index contributed by atoms with van der Waals surface area (Å²) in [4.78, 5) is 17.8. The third-order valence-corrected chi connectivity index (χ3v) is 5.67. The van der Waals surface area contributed by atoms with E-state index >= 15 is 0 Å². The van der Waals surface area contributed by atoms with Gasteiger partial charge in [0.1, 0.15) is 5.75 Å². The summed E-state index contributed by atoms with van der Waals surface area (Å²) in [5, 5.41) is 9.08. The second-order valence-corrected chi connectivity index (χ2v) is 7.83. The van der Waals surface area contributed by atoms with E-state index in [9.17, 15) is 4.79 Å². The number of nitrogens with one attached hydrogen (secondary N) is 1. The maximum absolute atomic E-state index is 13.1. The molecule has 0 aliphatic carbocycles. The molecule has 2 heterocycles. The highest BCUT2D eigenvalue weighted by atomic mass is 35.5. The van der Waals surface area contributed by atoms with Crippen LogP contribution in [0.25, 0.3) is 16.7 Å². The van der Waals surface area contributed by atoms with Gasteiger partial charge in [-0.05, 0) is 62.2 Å². The minimum atomic E-state index is -0.170. The second kappa shape index (κ2) is 8.40. The number of ether oxygens (including phenoxy) is 1. The van der Waals surface area contributed by atoms with Crippen molar-refractivity contribution in [2.45, 2.75) is 27.3 Å². The van der Waals surface area contributed by atoms with E-state index < -0.39 is 0 Å². The molecule has 6 nitrogen and oxygen atoms in total. The first-order chi connectivity index (χ1) is 14.9. The maximum atomic E-state index is 13.1. The number of carbonyl (C=O) groups is 1. The Bertz CT molecular complexity index is 1280. The predicted molar refractivity (Wildman–Crippen MR) is 122 cm³/mol. The summed E-state index contributed by atoms with van der Waals surface area (Å²) in [5.41, 5.74) is 5.39. The average Bonchev–Trinajstić information content (AvgIpc) is 3.09. The molecule has 2 aromatic heterocycles. The number of fused-ring (bicyclic) bond motifs is 1. The van der Waals surface area contributed by atoms with E-state index in [1.165, 1.54) is 0 Å². The lowest BCUT2D eigenvalue weighted by Crippen LogP contribution is -2.23. The summed E-state index contributed by atoms with van der Waals surface area (Å²) in [6.45, 7) is 6.11. The van der Waals surface area contributed by atoms with Crippen molar-refractivity contribution < 1.29 is 9.53 Å². The second-order valence-electron chi connectivity index (χ2n) is 7.42. The molecule has 0 radical (unpaired) electrons. The molecule has 158 valence electrons. The summed E-state index contributed by atoms with van der Waals surface area (Å²) < 4.78 is 6.94. The van der Waals surface area contributed by atoms with Gasteiger partial charge in [-0.1, -0.05) is 29.8 Å². The lowest BCUT2D eigenvalue weighted by molar-refractivity contribution is 0.0952. The number of hydrogen-bond donors (Lipinski definition) is 1. The Morgan fingerprint density at radius 2 is 1.87 bits per heavy atom. The normalized spacial score (nSPS) is 11.0. The van der Waals surface area contributed by atoms with Crippen molar-refractivity contribution in [2.24, 2.45) is 0 Å². The fourth-order valence-corrected chi connectivity index (χ4v) is 3.78. The molecule has 1 N–H and O–H groups in total. The minimum Gasteiger partial charge on any atom is -0.497 e. The van der Waals surface area contributed by atoms with E-state index in [1.54, 1.807) is 17.9 Å². The van der Waals surface area contributed by atoms with E-state index in [2.05, 4.69) is 15.4 Å². The molecule has 7 heteroatoms. The summed E-state index contributed by atoms with van der Waals surface area (Å²) >= 11 is 6.32. The Labute approximate surface area is 185 Å². The van der Waals surface area contributed by atoms with Gasteiger partial charge in [0.15, 0.2) is 5.65 Å². The number of pyridine rings is 1. The largest absolute Gasteiger partial charge is 0.497 e. The van der Waals surface area contributed by atoms with Gasteiger partial charge in [-0.25, -0.2) is 9.67 Å². The highest BCUT2D eigenvalue weighted by Gasteiger charge is 2.20. The zero-order chi connectivity index (χ0) is 22.1. The van der Waals surface area contributed by atoms with Crippen molar-refractivity contribution in [3.63, 3.8) is 0 Å². The summed E-state index contributed by atoms with van der Waals surface area (Å²) in [6.07, 6.45) is 0. The number of carbonyl (C=O) groups excluding carboxylic acids is 1. The van der Waals surface area contributed by atoms with Crippen LogP contribution in [0.4, 0.5) is 0 Å². The van der Waals surface area contributed by atoms with Gasteiger partial charge in [0.25, 0.3) is 5.91 Å². The zero-order valence-corrected chi connectivity index (χ0v) is 18.6. The van der Waals surface area contributed by atoms with Crippen LogP contribution >= 0.6 is 11.6 Å². The summed E-state index contributed by atoms with van der Waals surface area (Å²) in [7, 11) is 1.63. The number of aryl methyl sites for hydroxylation is 2. The lowest BCUT2D eigenvalue weighted by atomic mass is 10.1. The molecule has 0 saturated heterocycles. The van der Waals surface area contributed by atoms with Crippen LogP contribution in [-0.4, -0.2) is 27.8 Å². The summed E-state index contributed by atoms with van der Waals surface area (Å²) in [6, 6.07) is 15.1. The van der Waals surface area contributed by atoms with Crippen LogP contribution in [0.15, 0.2) is 48.5 Å². The number of aromatic nitrogens is 3. The Kier molecular flexibility index (Phi) is 5.65. The molecule has 4 aromatic rings. The molecule has 31 heavy (non-hydrogen) atoms. The van der Waals surface area contributed by atoms with Gasteiger partial charge in [0.05, 0.1) is 29.4 Å². The molecule has 0 fully saturated rings. The number of rotatable bonds is 5. The number of nitrogens with zero attached hydrogens (tertiary/aromatic N) is 3. The van der Waals surface area contributed by atoms with Gasteiger partial charge in [0.2, 0.25) is 0 Å². The molecule has 0 bridgehead atoms. The van der Waals surface area contributed by atoms with Crippen LogP contribution in [0.3, 0.4) is 0 Å². The number of hydrogen-bond acceptors (Lipinski definition) is 4. The molecule has 0 saturated carbocycles. The Morgan fingerprint density at radius 3 is 2.58 bits per heavy atom. The van der Waals surface area contributed by atoms with Gasteiger partial charge in [-0.3, -0.25) is 4.79 Å². The Morgan fingerprint density at radius 1 is 1.13 bits per heavy atom. The number of benzene rings is 2. The van der Waals surface area contributed by atoms with E-state index in [1.807, 2.05) is 63.2 Å². The van der Waals surface area contributed by atoms with Crippen molar-refractivity contribution in [2.75, 3.05) is 7.11 Å². The quantitative estimate of drug-likeness (QED) is 0.483. The molecule has 2 aromatic carbocycles. The molecule has 0 unspecified atom stereocenters. The van der Waals surface area contributed by atoms with Crippen molar-refractivity contribution in [3.05, 3.63) is 81.6 Å². The molecule has 0 atom stereocenters. The van der Waals surface area contributed by atoms with E-state index in [0.717, 1.165) is 39.3 Å². The third-order valence-electron chi connectivity index (χ3n) is 5.26. The SMILES string of the molecule is COc1ccc(CNC(=O)c2cc(C)nc3c2c(C)nn3-c2cccc(Cl)c2C)cc1. The Hall–Kier alpha value is -3.38. The fraction of sp³-hybridized carbons (Fsp3) is 0.208. The minimum absolute atomic E-state index is 0.170. The topological polar surface area (TPSA) is 69.0 Å². The Balaban J connectivity index is 1.72. The van der Waals surface area contributed by atoms with Crippen molar-refractivity contribution >= 4 is 28.5 Å². The van der Waals surface area contributed by atoms with Crippen molar-refractivity contribution in [3.8, 4) is 11.4 Å². The van der Waals surface area contributed by atoms with Crippen LogP contribution in [0.5, 0.6) is 5.75 Å². The van der Waals surface area contributed by atoms with E-state index in [4.69, 9.17) is 16.3 Å². The van der Waals surface area contributed by atoms with Gasteiger partial charge in [-0.15, -0.1) is 0 Å². The first kappa shape index (κ1) is 20.9. The van der Waals surface area contributed by atoms with Crippen molar-refractivity contribution in [1.82, 2.24) is 20.1 Å². The van der Waals surface area contributed by atoms with Crippen LogP contribution in [-0.2, 0) is 6.54 Å². The zero-order valence-electron chi connectivity index (χ0n) is 17.9. The van der Waals surface area contributed by atoms with E-state index in [0.29, 0.717) is 22.8 Å². The number of halogens is 1. The highest BCUT2D eigenvalue weighted by Crippen LogP contribution is 2.28. The molecule has 1 amide bonds. The molecular weight excluding hydrogens is 412 g/mol. The van der Waals surface area contributed by atoms with Crippen LogP contribution in [0.2, 0.25) is 5.02 Å². The molecule has 0 spiro atoms. The standard InChI is InChI=1S/C24H23ClN4O2/c1-14-12-19(24(30)26-13-17-8-10-18(31-4)11-9-17)22-16(3)28-29(23(22)27-14)21-7-5-6-20(25)15(21)2/h5-12H,13H2,1-4H3,(H,26,30). The molecular formula is C24H23ClN4O2. The van der Waals surface area contributed by atoms with Crippen molar-refractivity contribution in [1.29, 1.82) is 0 Å². The number of amides is 1. The van der Waals surface area contributed by atoms with Crippen LogP contribution < -0.4 is 10.1 Å². The van der Waals surface area contributed by atoms with E-state index in [-0.39, 0.29) is 5.91 Å². The molecule has 0 aliphatic rings. The molecule has 4 rings (SSSR count). The first-order valence-electron chi connectivity index (χ1n) is 9.92. The lowest BCUT2D eigenvalue weighted by Gasteiger charge is -2.10. The third kappa shape index (κ3) is 3.99. The van der Waals surface area contributed by atoms with Gasteiger partial charge in [-0.2, -0.15) is 5.10 Å². The predicted octanol–water partition coefficient (Wildman–Crippen LogP) is 4.94. The smallest absolute Gasteiger partial charge is 0.252 e. The maximum Gasteiger partial charge on any atom is 0.252 e.